The van der Waals surface area contributed by atoms with Crippen molar-refractivity contribution in [3.63, 3.8) is 0 Å². The number of carbonyl (C=O) groups excluding carboxylic acids is 2. The Morgan fingerprint density at radius 3 is 2.68 bits per heavy atom. The molecule has 142 valence electrons. The van der Waals surface area contributed by atoms with Crippen molar-refractivity contribution in [2.24, 2.45) is 0 Å². The van der Waals surface area contributed by atoms with Crippen LogP contribution in [0.2, 0.25) is 5.02 Å². The molecule has 0 atom stereocenters. The van der Waals surface area contributed by atoms with Crippen molar-refractivity contribution in [1.82, 2.24) is 15.2 Å². The standard InChI is InChI=1S/C20H14ClF2N3O2/c1-10-14(21)4-3-13-12(8-24-18(10)13)7-17-19(27)26(20(28)25-17)9-11-2-5-15(22)16(23)6-11/h2-8,24H,9H2,1H3,(H,25,28)/b17-7-. The lowest BCUT2D eigenvalue weighted by atomic mass is 10.1. The van der Waals surface area contributed by atoms with Gasteiger partial charge in [0.25, 0.3) is 5.91 Å². The number of fused-ring (bicyclic) bond motifs is 1. The smallest absolute Gasteiger partial charge is 0.329 e. The van der Waals surface area contributed by atoms with Crippen LogP contribution in [0.3, 0.4) is 0 Å². The van der Waals surface area contributed by atoms with Gasteiger partial charge in [-0.05, 0) is 42.3 Å². The summed E-state index contributed by atoms with van der Waals surface area (Å²) >= 11 is 6.12. The number of amides is 3. The Morgan fingerprint density at radius 1 is 1.14 bits per heavy atom. The van der Waals surface area contributed by atoms with Crippen LogP contribution in [0.1, 0.15) is 16.7 Å². The van der Waals surface area contributed by atoms with Crippen LogP contribution in [-0.2, 0) is 11.3 Å². The van der Waals surface area contributed by atoms with Crippen LogP contribution in [0.25, 0.3) is 17.0 Å². The molecule has 0 radical (unpaired) electrons. The van der Waals surface area contributed by atoms with Gasteiger partial charge in [-0.2, -0.15) is 0 Å². The number of hydrogen-bond donors (Lipinski definition) is 2. The topological polar surface area (TPSA) is 65.2 Å². The first kappa shape index (κ1) is 18.2. The Hall–Kier alpha value is -3.19. The van der Waals surface area contributed by atoms with E-state index in [9.17, 15) is 18.4 Å². The summed E-state index contributed by atoms with van der Waals surface area (Å²) < 4.78 is 26.4. The molecule has 5 nitrogen and oxygen atoms in total. The third-order valence-electron chi connectivity index (χ3n) is 4.67. The van der Waals surface area contributed by atoms with Crippen molar-refractivity contribution in [2.75, 3.05) is 0 Å². The Morgan fingerprint density at radius 2 is 1.93 bits per heavy atom. The number of halogens is 3. The quantitative estimate of drug-likeness (QED) is 0.501. The van der Waals surface area contributed by atoms with Crippen molar-refractivity contribution < 1.29 is 18.4 Å². The molecule has 0 aliphatic carbocycles. The van der Waals surface area contributed by atoms with Gasteiger partial charge in [0.05, 0.1) is 12.1 Å². The zero-order chi connectivity index (χ0) is 20.0. The van der Waals surface area contributed by atoms with E-state index in [1.807, 2.05) is 13.0 Å². The zero-order valence-corrected chi connectivity index (χ0v) is 15.4. The molecular formula is C20H14ClF2N3O2. The predicted octanol–water partition coefficient (Wildman–Crippen LogP) is 4.50. The van der Waals surface area contributed by atoms with Crippen LogP contribution in [0, 0.1) is 18.6 Å². The van der Waals surface area contributed by atoms with E-state index in [1.54, 1.807) is 18.3 Å². The minimum atomic E-state index is -1.03. The molecule has 1 saturated heterocycles. The van der Waals surface area contributed by atoms with E-state index in [0.29, 0.717) is 16.1 Å². The number of aromatic nitrogens is 1. The van der Waals surface area contributed by atoms with Gasteiger partial charge in [-0.1, -0.05) is 23.7 Å². The Kier molecular flexibility index (Phi) is 4.39. The summed E-state index contributed by atoms with van der Waals surface area (Å²) in [4.78, 5) is 28.9. The number of H-pyrrole nitrogens is 1. The van der Waals surface area contributed by atoms with Crippen LogP contribution in [0.5, 0.6) is 0 Å². The highest BCUT2D eigenvalue weighted by Gasteiger charge is 2.33. The fourth-order valence-corrected chi connectivity index (χ4v) is 3.31. The molecule has 3 aromatic rings. The highest BCUT2D eigenvalue weighted by molar-refractivity contribution is 6.32. The summed E-state index contributed by atoms with van der Waals surface area (Å²) in [5.74, 6) is -2.57. The monoisotopic (exact) mass is 401 g/mol. The maximum atomic E-state index is 13.4. The number of imide groups is 1. The predicted molar refractivity (Wildman–Crippen MR) is 101 cm³/mol. The summed E-state index contributed by atoms with van der Waals surface area (Å²) in [5.41, 5.74) is 2.84. The van der Waals surface area contributed by atoms with Gasteiger partial charge in [0.15, 0.2) is 11.6 Å². The lowest BCUT2D eigenvalue weighted by molar-refractivity contribution is -0.123. The molecule has 0 saturated carbocycles. The van der Waals surface area contributed by atoms with Gasteiger partial charge in [0.1, 0.15) is 5.70 Å². The van der Waals surface area contributed by atoms with E-state index in [1.165, 1.54) is 6.07 Å². The Labute approximate surface area is 163 Å². The van der Waals surface area contributed by atoms with Crippen molar-refractivity contribution in [2.45, 2.75) is 13.5 Å². The van der Waals surface area contributed by atoms with Crippen molar-refractivity contribution in [1.29, 1.82) is 0 Å². The van der Waals surface area contributed by atoms with Crippen molar-refractivity contribution >= 4 is 40.5 Å². The van der Waals surface area contributed by atoms with E-state index in [2.05, 4.69) is 10.3 Å². The van der Waals surface area contributed by atoms with Crippen LogP contribution in [-0.4, -0.2) is 21.8 Å². The molecule has 2 heterocycles. The molecule has 0 unspecified atom stereocenters. The minimum Gasteiger partial charge on any atom is -0.360 e. The second-order valence-corrected chi connectivity index (χ2v) is 6.87. The number of aryl methyl sites for hydroxylation is 1. The van der Waals surface area contributed by atoms with Crippen molar-refractivity contribution in [3.8, 4) is 0 Å². The highest BCUT2D eigenvalue weighted by Crippen LogP contribution is 2.29. The van der Waals surface area contributed by atoms with Gasteiger partial charge in [-0.3, -0.25) is 9.69 Å². The third kappa shape index (κ3) is 3.03. The number of nitrogens with one attached hydrogen (secondary N) is 2. The fourth-order valence-electron chi connectivity index (χ4n) is 3.15. The van der Waals surface area contributed by atoms with Gasteiger partial charge in [0.2, 0.25) is 0 Å². The van der Waals surface area contributed by atoms with E-state index in [-0.39, 0.29) is 12.2 Å². The maximum absolute atomic E-state index is 13.4. The summed E-state index contributed by atoms with van der Waals surface area (Å²) in [5, 5.41) is 4.00. The minimum absolute atomic E-state index is 0.0982. The molecule has 4 rings (SSSR count). The Balaban J connectivity index is 1.63. The first-order valence-electron chi connectivity index (χ1n) is 8.40. The number of benzene rings is 2. The number of carbonyl (C=O) groups is 2. The van der Waals surface area contributed by atoms with Crippen LogP contribution < -0.4 is 5.32 Å². The SMILES string of the molecule is Cc1c(Cl)ccc2c(/C=C3\NC(=O)N(Cc4ccc(F)c(F)c4)C3=O)c[nH]c12. The lowest BCUT2D eigenvalue weighted by Gasteiger charge is -2.11. The summed E-state index contributed by atoms with van der Waals surface area (Å²) in [6.45, 7) is 1.71. The van der Waals surface area contributed by atoms with E-state index < -0.39 is 23.6 Å². The molecule has 1 aliphatic heterocycles. The van der Waals surface area contributed by atoms with Crippen LogP contribution in [0.15, 0.2) is 42.2 Å². The van der Waals surface area contributed by atoms with E-state index in [4.69, 9.17) is 11.6 Å². The third-order valence-corrected chi connectivity index (χ3v) is 5.08. The van der Waals surface area contributed by atoms with E-state index >= 15 is 0 Å². The van der Waals surface area contributed by atoms with Gasteiger partial charge in [-0.15, -0.1) is 0 Å². The summed E-state index contributed by atoms with van der Waals surface area (Å²) in [6, 6.07) is 6.21. The second kappa shape index (κ2) is 6.76. The molecule has 28 heavy (non-hydrogen) atoms. The van der Waals surface area contributed by atoms with Gasteiger partial charge < -0.3 is 10.3 Å². The first-order valence-corrected chi connectivity index (χ1v) is 8.77. The largest absolute Gasteiger partial charge is 0.360 e. The molecule has 1 aliphatic rings. The normalized spacial score (nSPS) is 15.7. The first-order chi connectivity index (χ1) is 13.3. The molecule has 2 aromatic carbocycles. The molecule has 0 bridgehead atoms. The summed E-state index contributed by atoms with van der Waals surface area (Å²) in [7, 11) is 0. The molecule has 2 N–H and O–H groups in total. The average molecular weight is 402 g/mol. The van der Waals surface area contributed by atoms with Crippen LogP contribution >= 0.6 is 11.6 Å². The van der Waals surface area contributed by atoms with E-state index in [0.717, 1.165) is 33.5 Å². The molecular weight excluding hydrogens is 388 g/mol. The number of aromatic amines is 1. The second-order valence-electron chi connectivity index (χ2n) is 6.47. The zero-order valence-electron chi connectivity index (χ0n) is 14.6. The number of nitrogens with zero attached hydrogens (tertiary/aromatic N) is 1. The summed E-state index contributed by atoms with van der Waals surface area (Å²) in [6.07, 6.45) is 3.29. The average Bonchev–Trinajstić information content (AvgIpc) is 3.18. The molecule has 1 aromatic heterocycles. The fraction of sp³-hybridized carbons (Fsp3) is 0.100. The molecule has 3 amide bonds. The van der Waals surface area contributed by atoms with Crippen LogP contribution in [0.4, 0.5) is 13.6 Å². The van der Waals surface area contributed by atoms with Crippen molar-refractivity contribution in [3.05, 3.63) is 75.6 Å². The highest BCUT2D eigenvalue weighted by atomic mass is 35.5. The number of rotatable bonds is 3. The lowest BCUT2D eigenvalue weighted by Crippen LogP contribution is -2.30. The van der Waals surface area contributed by atoms with Gasteiger partial charge in [-0.25, -0.2) is 13.6 Å². The maximum Gasteiger partial charge on any atom is 0.329 e. The molecule has 1 fully saturated rings. The number of hydrogen-bond acceptors (Lipinski definition) is 2. The number of urea groups is 1. The van der Waals surface area contributed by atoms with Gasteiger partial charge in [0, 0.05) is 22.2 Å². The van der Waals surface area contributed by atoms with Gasteiger partial charge >= 0.3 is 6.03 Å². The molecule has 0 spiro atoms. The Bertz CT molecular complexity index is 1170. The molecule has 8 heteroatoms.